The summed E-state index contributed by atoms with van der Waals surface area (Å²) in [5, 5.41) is 8.36. The van der Waals surface area contributed by atoms with Crippen LogP contribution in [-0.2, 0) is 4.74 Å². The Morgan fingerprint density at radius 1 is 1.21 bits per heavy atom. The highest BCUT2D eigenvalue weighted by atomic mass is 16.5. The van der Waals surface area contributed by atoms with Crippen molar-refractivity contribution in [3.05, 3.63) is 24.3 Å². The summed E-state index contributed by atoms with van der Waals surface area (Å²) in [4.78, 5) is 6.00. The fourth-order valence-electron chi connectivity index (χ4n) is 1.30. The molecule has 0 heterocycles. The molecule has 0 fully saturated rings. The van der Waals surface area contributed by atoms with Gasteiger partial charge in [-0.1, -0.05) is 0 Å². The van der Waals surface area contributed by atoms with Crippen molar-refractivity contribution in [3.8, 4) is 5.75 Å². The fourth-order valence-corrected chi connectivity index (χ4v) is 1.30. The van der Waals surface area contributed by atoms with Crippen LogP contribution in [0.4, 0.5) is 5.69 Å². The maximum absolute atomic E-state index is 8.36. The monoisotopic (exact) mass is 267 g/mol. The lowest BCUT2D eigenvalue weighted by Crippen LogP contribution is -2.19. The summed E-state index contributed by atoms with van der Waals surface area (Å²) in [5.74, 6) is 0.770. The predicted octanol–water partition coefficient (Wildman–Crippen LogP) is 1.28. The molecular weight excluding hydrogens is 246 g/mol. The van der Waals surface area contributed by atoms with Crippen LogP contribution in [0.25, 0.3) is 0 Å². The molecule has 0 aliphatic carbocycles. The van der Waals surface area contributed by atoms with E-state index in [1.165, 1.54) is 6.34 Å². The van der Waals surface area contributed by atoms with Crippen molar-refractivity contribution in [2.45, 2.75) is 0 Å². The number of nitrogens with one attached hydrogen (secondary N) is 1. The molecule has 0 atom stereocenters. The zero-order valence-electron chi connectivity index (χ0n) is 11.4. The Hall–Kier alpha value is -1.63. The highest BCUT2D eigenvalue weighted by molar-refractivity contribution is 5.59. The van der Waals surface area contributed by atoms with Crippen LogP contribution >= 0.6 is 0 Å². The van der Waals surface area contributed by atoms with Crippen molar-refractivity contribution in [2.75, 3.05) is 40.5 Å². The van der Waals surface area contributed by atoms with Crippen LogP contribution in [-0.4, -0.2) is 56.9 Å². The van der Waals surface area contributed by atoms with Crippen LogP contribution in [0.2, 0.25) is 0 Å². The van der Waals surface area contributed by atoms with Crippen molar-refractivity contribution >= 4 is 12.0 Å². The first kappa shape index (κ1) is 15.4. The fraction of sp³-hybridized carbons (Fsp3) is 0.462. The molecule has 1 aromatic rings. The van der Waals surface area contributed by atoms with Gasteiger partial charge >= 0.3 is 0 Å². The Kier molecular flexibility index (Phi) is 7.57. The molecule has 0 spiro atoms. The van der Waals surface area contributed by atoms with Gasteiger partial charge in [0.05, 0.1) is 18.9 Å². The molecule has 0 radical (unpaired) electrons. The number of likely N-dealkylation sites (N-methyl/N-ethyl adjacent to an activating group) is 1. The number of hydrogen-bond acceptors (Lipinski definition) is 5. The quantitative estimate of drug-likeness (QED) is 0.305. The molecular formula is C13H21N3O3. The van der Waals surface area contributed by atoms with Crippen LogP contribution < -0.4 is 10.2 Å². The molecule has 0 saturated heterocycles. The molecule has 106 valence electrons. The molecule has 6 nitrogen and oxygen atoms in total. The van der Waals surface area contributed by atoms with E-state index in [2.05, 4.69) is 9.89 Å². The molecule has 0 bridgehead atoms. The maximum Gasteiger partial charge on any atom is 0.119 e. The van der Waals surface area contributed by atoms with Gasteiger partial charge in [-0.2, -0.15) is 0 Å². The molecule has 0 amide bonds. The van der Waals surface area contributed by atoms with E-state index >= 15 is 0 Å². The van der Waals surface area contributed by atoms with Gasteiger partial charge in [-0.3, -0.25) is 10.7 Å². The zero-order valence-corrected chi connectivity index (χ0v) is 11.4. The van der Waals surface area contributed by atoms with E-state index in [9.17, 15) is 0 Å². The number of hydroxylamine groups is 1. The number of rotatable bonds is 9. The van der Waals surface area contributed by atoms with Gasteiger partial charge < -0.3 is 14.4 Å². The lowest BCUT2D eigenvalue weighted by atomic mass is 10.3. The number of hydrogen-bond donors (Lipinski definition) is 2. The molecule has 1 aromatic carbocycles. The number of ether oxygens (including phenoxy) is 2. The molecule has 0 aromatic heterocycles. The van der Waals surface area contributed by atoms with Gasteiger partial charge in [0.25, 0.3) is 0 Å². The van der Waals surface area contributed by atoms with Crippen molar-refractivity contribution in [3.63, 3.8) is 0 Å². The van der Waals surface area contributed by atoms with Gasteiger partial charge in [0.1, 0.15) is 18.7 Å². The van der Waals surface area contributed by atoms with Gasteiger partial charge in [-0.15, -0.1) is 0 Å². The minimum absolute atomic E-state index is 0.522. The second kappa shape index (κ2) is 9.32. The number of benzene rings is 1. The summed E-state index contributed by atoms with van der Waals surface area (Å²) in [6.45, 7) is 2.71. The third kappa shape index (κ3) is 7.40. The Balaban J connectivity index is 2.17. The summed E-state index contributed by atoms with van der Waals surface area (Å²) in [7, 11) is 4.02. The average Bonchev–Trinajstić information content (AvgIpc) is 2.41. The van der Waals surface area contributed by atoms with Crippen LogP contribution in [0.1, 0.15) is 0 Å². The molecule has 0 aliphatic rings. The van der Waals surface area contributed by atoms with Crippen molar-refractivity contribution in [2.24, 2.45) is 4.99 Å². The average molecular weight is 267 g/mol. The Bertz CT molecular complexity index is 366. The molecule has 6 heteroatoms. The smallest absolute Gasteiger partial charge is 0.119 e. The van der Waals surface area contributed by atoms with Gasteiger partial charge in [0, 0.05) is 6.54 Å². The maximum atomic E-state index is 8.36. The second-order valence-electron chi connectivity index (χ2n) is 4.15. The molecule has 0 saturated carbocycles. The van der Waals surface area contributed by atoms with Gasteiger partial charge in [-0.05, 0) is 38.4 Å². The Morgan fingerprint density at radius 3 is 2.58 bits per heavy atom. The first-order valence-corrected chi connectivity index (χ1v) is 6.10. The van der Waals surface area contributed by atoms with E-state index in [1.807, 2.05) is 31.7 Å². The van der Waals surface area contributed by atoms with Gasteiger partial charge in [0.2, 0.25) is 0 Å². The minimum atomic E-state index is 0.522. The summed E-state index contributed by atoms with van der Waals surface area (Å²) >= 11 is 0. The second-order valence-corrected chi connectivity index (χ2v) is 4.15. The van der Waals surface area contributed by atoms with Gasteiger partial charge in [-0.25, -0.2) is 4.99 Å². The van der Waals surface area contributed by atoms with E-state index in [1.54, 1.807) is 12.1 Å². The molecule has 0 unspecified atom stereocenters. The van der Waals surface area contributed by atoms with Crippen molar-refractivity contribution < 1.29 is 14.7 Å². The highest BCUT2D eigenvalue weighted by Gasteiger charge is 1.95. The highest BCUT2D eigenvalue weighted by Crippen LogP contribution is 2.17. The third-order valence-electron chi connectivity index (χ3n) is 2.29. The summed E-state index contributed by atoms with van der Waals surface area (Å²) in [6.07, 6.45) is 1.20. The Labute approximate surface area is 113 Å². The van der Waals surface area contributed by atoms with Gasteiger partial charge in [0.15, 0.2) is 0 Å². The summed E-state index contributed by atoms with van der Waals surface area (Å²) < 4.78 is 10.9. The van der Waals surface area contributed by atoms with E-state index in [0.717, 1.165) is 18.0 Å². The number of nitrogens with zero attached hydrogens (tertiary/aromatic N) is 2. The molecule has 2 N–H and O–H groups in total. The largest absolute Gasteiger partial charge is 0.491 e. The lowest BCUT2D eigenvalue weighted by Gasteiger charge is -2.10. The third-order valence-corrected chi connectivity index (χ3v) is 2.29. The Morgan fingerprint density at radius 2 is 1.95 bits per heavy atom. The SMILES string of the molecule is CN(C)CCOCCOc1ccc(N=CNO)cc1. The predicted molar refractivity (Wildman–Crippen MR) is 74.4 cm³/mol. The van der Waals surface area contributed by atoms with Crippen molar-refractivity contribution in [1.82, 2.24) is 10.4 Å². The summed E-state index contributed by atoms with van der Waals surface area (Å²) in [6, 6.07) is 7.25. The van der Waals surface area contributed by atoms with Crippen LogP contribution in [0.5, 0.6) is 5.75 Å². The zero-order chi connectivity index (χ0) is 13.9. The minimum Gasteiger partial charge on any atom is -0.491 e. The van der Waals surface area contributed by atoms with Crippen molar-refractivity contribution in [1.29, 1.82) is 0 Å². The first-order chi connectivity index (χ1) is 9.22. The molecule has 1 rings (SSSR count). The van der Waals surface area contributed by atoms with E-state index in [-0.39, 0.29) is 0 Å². The lowest BCUT2D eigenvalue weighted by molar-refractivity contribution is 0.0890. The molecule has 19 heavy (non-hydrogen) atoms. The topological polar surface area (TPSA) is 66.3 Å². The van der Waals surface area contributed by atoms with Crippen LogP contribution in [0.15, 0.2) is 29.3 Å². The van der Waals surface area contributed by atoms with E-state index in [4.69, 9.17) is 14.7 Å². The normalized spacial score (nSPS) is 11.2. The van der Waals surface area contributed by atoms with E-state index < -0.39 is 0 Å². The first-order valence-electron chi connectivity index (χ1n) is 6.10. The van der Waals surface area contributed by atoms with E-state index in [0.29, 0.717) is 19.8 Å². The van der Waals surface area contributed by atoms with Crippen LogP contribution in [0.3, 0.4) is 0 Å². The number of aliphatic imine (C=N–C) groups is 1. The van der Waals surface area contributed by atoms with Crippen LogP contribution in [0, 0.1) is 0 Å². The standard InChI is InChI=1S/C13H21N3O3/c1-16(2)7-8-18-9-10-19-13-5-3-12(4-6-13)14-11-15-17/h3-6,11,17H,7-10H2,1-2H3,(H,14,15). The molecule has 0 aliphatic heterocycles. The summed E-state index contributed by atoms with van der Waals surface area (Å²) in [5.41, 5.74) is 2.58.